The number of primary amides is 1. The summed E-state index contributed by atoms with van der Waals surface area (Å²) in [5.41, 5.74) is 8.54. The van der Waals surface area contributed by atoms with Crippen LogP contribution in [0, 0.1) is 5.92 Å². The number of Topliss-reactive ketones (excluding diaryl/α,β-unsaturated/α-hetero) is 1. The molecule has 0 aliphatic carbocycles. The minimum atomic E-state index is -1.07. The van der Waals surface area contributed by atoms with Crippen molar-refractivity contribution in [2.75, 3.05) is 6.54 Å². The number of para-hydroxylation sites is 1. The Morgan fingerprint density at radius 2 is 1.97 bits per heavy atom. The number of likely N-dealkylation sites (tertiary alicyclic amines) is 1. The van der Waals surface area contributed by atoms with Gasteiger partial charge in [0, 0.05) is 43.4 Å². The van der Waals surface area contributed by atoms with E-state index in [2.05, 4.69) is 10.3 Å². The first-order chi connectivity index (χ1) is 16.7. The highest BCUT2D eigenvalue weighted by Crippen LogP contribution is 2.23. The number of rotatable bonds is 11. The predicted molar refractivity (Wildman–Crippen MR) is 126 cm³/mol. The lowest BCUT2D eigenvalue weighted by atomic mass is 9.90. The number of carbonyl (C=O) groups is 5. The van der Waals surface area contributed by atoms with Crippen LogP contribution in [0.15, 0.2) is 30.5 Å². The lowest BCUT2D eigenvalue weighted by Crippen LogP contribution is -2.51. The van der Waals surface area contributed by atoms with Gasteiger partial charge >= 0.3 is 0 Å². The molecule has 0 bridgehead atoms. The second kappa shape index (κ2) is 11.6. The molecule has 188 valence electrons. The van der Waals surface area contributed by atoms with Crippen LogP contribution >= 0.6 is 0 Å². The summed E-state index contributed by atoms with van der Waals surface area (Å²) in [5.74, 6) is -3.48. The Labute approximate surface area is 202 Å². The van der Waals surface area contributed by atoms with E-state index in [1.807, 2.05) is 24.3 Å². The van der Waals surface area contributed by atoms with Gasteiger partial charge in [0.15, 0.2) is 5.78 Å². The van der Waals surface area contributed by atoms with E-state index >= 15 is 0 Å². The lowest BCUT2D eigenvalue weighted by molar-refractivity contribution is -0.139. The first-order valence-electron chi connectivity index (χ1n) is 11.6. The van der Waals surface area contributed by atoms with Crippen molar-refractivity contribution in [1.82, 2.24) is 20.7 Å². The van der Waals surface area contributed by atoms with Gasteiger partial charge in [-0.05, 0) is 37.3 Å². The van der Waals surface area contributed by atoms with Gasteiger partial charge in [-0.25, -0.2) is 5.48 Å². The van der Waals surface area contributed by atoms with Crippen LogP contribution in [0.5, 0.6) is 0 Å². The first-order valence-corrected chi connectivity index (χ1v) is 11.6. The van der Waals surface area contributed by atoms with E-state index in [0.29, 0.717) is 19.4 Å². The predicted octanol–water partition coefficient (Wildman–Crippen LogP) is 0.552. The Morgan fingerprint density at radius 3 is 2.66 bits per heavy atom. The average Bonchev–Trinajstić information content (AvgIpc) is 3.48. The molecular formula is C24H31N5O6. The fourth-order valence-electron chi connectivity index (χ4n) is 4.58. The van der Waals surface area contributed by atoms with E-state index in [4.69, 9.17) is 5.73 Å². The van der Waals surface area contributed by atoms with Crippen LogP contribution in [0.3, 0.4) is 0 Å². The Balaban J connectivity index is 1.76. The van der Waals surface area contributed by atoms with Crippen LogP contribution in [0.4, 0.5) is 0 Å². The van der Waals surface area contributed by atoms with Crippen molar-refractivity contribution in [3.05, 3.63) is 36.0 Å². The van der Waals surface area contributed by atoms with Gasteiger partial charge < -0.3 is 20.9 Å². The summed E-state index contributed by atoms with van der Waals surface area (Å²) in [6, 6.07) is 5.73. The number of H-pyrrole nitrogens is 1. The zero-order chi connectivity index (χ0) is 25.5. The highest BCUT2D eigenvalue weighted by molar-refractivity contribution is 5.95. The fourth-order valence-corrected chi connectivity index (χ4v) is 4.58. The van der Waals surface area contributed by atoms with Gasteiger partial charge in [0.2, 0.25) is 23.6 Å². The normalized spacial score (nSPS) is 17.1. The number of benzene rings is 1. The molecule has 1 aromatic carbocycles. The molecular weight excluding hydrogens is 454 g/mol. The first kappa shape index (κ1) is 25.9. The number of hydroxylamine groups is 1. The Morgan fingerprint density at radius 1 is 1.23 bits per heavy atom. The van der Waals surface area contributed by atoms with Crippen molar-refractivity contribution in [2.45, 2.75) is 57.5 Å². The molecule has 11 nitrogen and oxygen atoms in total. The highest BCUT2D eigenvalue weighted by Gasteiger charge is 2.35. The summed E-state index contributed by atoms with van der Waals surface area (Å²) in [5, 5.41) is 12.8. The number of ketones is 1. The van der Waals surface area contributed by atoms with Gasteiger partial charge in [0.1, 0.15) is 6.04 Å². The van der Waals surface area contributed by atoms with Crippen molar-refractivity contribution < 1.29 is 29.2 Å². The molecule has 6 N–H and O–H groups in total. The smallest absolute Gasteiger partial charge is 0.247 e. The molecule has 11 heteroatoms. The minimum absolute atomic E-state index is 0.0345. The van der Waals surface area contributed by atoms with Crippen molar-refractivity contribution in [1.29, 1.82) is 0 Å². The number of nitrogens with one attached hydrogen (secondary N) is 3. The summed E-state index contributed by atoms with van der Waals surface area (Å²) >= 11 is 0. The molecule has 0 unspecified atom stereocenters. The molecule has 4 amide bonds. The third-order valence-corrected chi connectivity index (χ3v) is 6.41. The zero-order valence-corrected chi connectivity index (χ0v) is 19.6. The molecule has 0 spiro atoms. The van der Waals surface area contributed by atoms with Crippen LogP contribution in [0.25, 0.3) is 10.9 Å². The van der Waals surface area contributed by atoms with Gasteiger partial charge in [0.25, 0.3) is 0 Å². The SMILES string of the molecule is CC(=O)N1CCC[C@H]1C(=O)N[C@@H](CCC(N)=O)C(=O)C[C@@H](Cc1c[nH]c2ccccc12)C(=O)NO. The van der Waals surface area contributed by atoms with Gasteiger partial charge in [-0.3, -0.25) is 29.2 Å². The quantitative estimate of drug-likeness (QED) is 0.229. The number of hydrogen-bond donors (Lipinski definition) is 5. The fraction of sp³-hybridized carbons (Fsp3) is 0.458. The lowest BCUT2D eigenvalue weighted by Gasteiger charge is -2.26. The van der Waals surface area contributed by atoms with E-state index in [0.717, 1.165) is 16.5 Å². The van der Waals surface area contributed by atoms with Crippen LogP contribution in [-0.4, -0.2) is 63.1 Å². The number of hydrogen-bond acceptors (Lipinski definition) is 6. The number of aromatic nitrogens is 1. The maximum atomic E-state index is 13.2. The Hall–Kier alpha value is -3.73. The summed E-state index contributed by atoms with van der Waals surface area (Å²) in [4.78, 5) is 66.3. The van der Waals surface area contributed by atoms with Gasteiger partial charge in [-0.15, -0.1) is 0 Å². The molecule has 1 aliphatic heterocycles. The summed E-state index contributed by atoms with van der Waals surface area (Å²) in [6.07, 6.45) is 2.59. The number of fused-ring (bicyclic) bond motifs is 1. The molecule has 0 saturated carbocycles. The van der Waals surface area contributed by atoms with Gasteiger partial charge in [0.05, 0.1) is 12.0 Å². The molecule has 1 aromatic heterocycles. The Bertz CT molecular complexity index is 1110. The minimum Gasteiger partial charge on any atom is -0.370 e. The van der Waals surface area contributed by atoms with Crippen LogP contribution in [-0.2, 0) is 30.4 Å². The maximum absolute atomic E-state index is 13.2. The number of nitrogens with zero attached hydrogens (tertiary/aromatic N) is 1. The summed E-state index contributed by atoms with van der Waals surface area (Å²) < 4.78 is 0. The standard InChI is InChI=1S/C24H31N5O6/c1-14(30)29-10-4-7-20(29)24(34)27-19(8-9-22(25)32)21(31)12-15(23(33)28-35)11-16-13-26-18-6-3-2-5-17(16)18/h2-3,5-6,13,15,19-20,26,35H,4,7-12H2,1H3,(H2,25,32)(H,27,34)(H,28,33)/t15-,19+,20+/m1/s1. The molecule has 35 heavy (non-hydrogen) atoms. The molecule has 2 heterocycles. The van der Waals surface area contributed by atoms with Gasteiger partial charge in [-0.2, -0.15) is 0 Å². The number of amides is 4. The van der Waals surface area contributed by atoms with E-state index in [9.17, 15) is 29.2 Å². The van der Waals surface area contributed by atoms with E-state index < -0.39 is 41.5 Å². The number of aromatic amines is 1. The molecule has 1 aliphatic rings. The molecule has 1 saturated heterocycles. The summed E-state index contributed by atoms with van der Waals surface area (Å²) in [7, 11) is 0. The third kappa shape index (κ3) is 6.44. The zero-order valence-electron chi connectivity index (χ0n) is 19.6. The second-order valence-corrected chi connectivity index (χ2v) is 8.84. The maximum Gasteiger partial charge on any atom is 0.247 e. The molecule has 2 aromatic rings. The third-order valence-electron chi connectivity index (χ3n) is 6.41. The average molecular weight is 486 g/mol. The second-order valence-electron chi connectivity index (χ2n) is 8.84. The monoisotopic (exact) mass is 485 g/mol. The van der Waals surface area contributed by atoms with E-state index in [-0.39, 0.29) is 31.6 Å². The highest BCUT2D eigenvalue weighted by atomic mass is 16.5. The van der Waals surface area contributed by atoms with Crippen molar-refractivity contribution >= 4 is 40.3 Å². The number of carbonyl (C=O) groups excluding carboxylic acids is 5. The van der Waals surface area contributed by atoms with Crippen LogP contribution in [0.1, 0.15) is 44.6 Å². The number of nitrogens with two attached hydrogens (primary N) is 1. The van der Waals surface area contributed by atoms with E-state index in [1.165, 1.54) is 11.8 Å². The van der Waals surface area contributed by atoms with Crippen molar-refractivity contribution in [3.8, 4) is 0 Å². The van der Waals surface area contributed by atoms with Crippen LogP contribution < -0.4 is 16.5 Å². The van der Waals surface area contributed by atoms with Crippen LogP contribution in [0.2, 0.25) is 0 Å². The molecule has 1 fully saturated rings. The summed E-state index contributed by atoms with van der Waals surface area (Å²) in [6.45, 7) is 1.83. The van der Waals surface area contributed by atoms with Gasteiger partial charge in [-0.1, -0.05) is 18.2 Å². The van der Waals surface area contributed by atoms with Crippen molar-refractivity contribution in [2.24, 2.45) is 11.7 Å². The Kier molecular flexibility index (Phi) is 8.58. The largest absolute Gasteiger partial charge is 0.370 e. The molecule has 3 rings (SSSR count). The molecule has 3 atom stereocenters. The molecule has 0 radical (unpaired) electrons. The topological polar surface area (TPSA) is 175 Å². The van der Waals surface area contributed by atoms with E-state index in [1.54, 1.807) is 11.7 Å². The van der Waals surface area contributed by atoms with Crippen molar-refractivity contribution in [3.63, 3.8) is 0 Å².